The second kappa shape index (κ2) is 8.32. The maximum atomic E-state index is 12.5. The topological polar surface area (TPSA) is 96.0 Å². The summed E-state index contributed by atoms with van der Waals surface area (Å²) in [5.41, 5.74) is 0.834. The maximum Gasteiger partial charge on any atom is 0.240 e. The first-order valence-corrected chi connectivity index (χ1v) is 10.3. The number of nitrogens with zero attached hydrogens (tertiary/aromatic N) is 2. The Labute approximate surface area is 159 Å². The molecule has 0 atom stereocenters. The van der Waals surface area contributed by atoms with E-state index in [0.29, 0.717) is 18.3 Å². The molecule has 2 aromatic carbocycles. The Morgan fingerprint density at radius 2 is 1.70 bits per heavy atom. The zero-order valence-electron chi connectivity index (χ0n) is 15.4. The molecule has 1 heterocycles. The van der Waals surface area contributed by atoms with Gasteiger partial charge in [-0.3, -0.25) is 0 Å². The molecule has 3 N–H and O–H groups in total. The molecule has 0 radical (unpaired) electrons. The first-order valence-electron chi connectivity index (χ1n) is 8.80. The van der Waals surface area contributed by atoms with Gasteiger partial charge in [0.05, 0.1) is 4.90 Å². The van der Waals surface area contributed by atoms with Gasteiger partial charge >= 0.3 is 0 Å². The van der Waals surface area contributed by atoms with Crippen LogP contribution in [0.1, 0.15) is 12.6 Å². The third-order valence-corrected chi connectivity index (χ3v) is 5.40. The third kappa shape index (κ3) is 4.93. The fourth-order valence-electron chi connectivity index (χ4n) is 2.69. The summed E-state index contributed by atoms with van der Waals surface area (Å²) in [6.45, 7) is 5.24. The van der Waals surface area contributed by atoms with Crippen molar-refractivity contribution in [2.45, 2.75) is 18.7 Å². The number of aromatic nitrogens is 2. The Morgan fingerprint density at radius 3 is 2.48 bits per heavy atom. The Balaban J connectivity index is 1.60. The van der Waals surface area contributed by atoms with Crippen LogP contribution >= 0.6 is 0 Å². The standard InChI is InChI=1S/C19H23N5O2S/c1-3-20-19-23-14(2)12-18(24-19)21-10-11-22-27(25,26)17-9-8-15-6-4-5-7-16(15)13-17/h4-9,12-13,22H,3,10-11H2,1-2H3,(H2,20,21,23,24). The van der Waals surface area contributed by atoms with Crippen LogP contribution in [0.2, 0.25) is 0 Å². The molecule has 27 heavy (non-hydrogen) atoms. The van der Waals surface area contributed by atoms with Gasteiger partial charge in [0.15, 0.2) is 0 Å². The van der Waals surface area contributed by atoms with Gasteiger partial charge in [-0.1, -0.05) is 30.3 Å². The number of nitrogens with one attached hydrogen (secondary N) is 3. The quantitative estimate of drug-likeness (QED) is 0.516. The van der Waals surface area contributed by atoms with Crippen LogP contribution in [0.5, 0.6) is 0 Å². The van der Waals surface area contributed by atoms with E-state index in [2.05, 4.69) is 25.3 Å². The average Bonchev–Trinajstić information content (AvgIpc) is 2.65. The highest BCUT2D eigenvalue weighted by Gasteiger charge is 2.13. The predicted molar refractivity (Wildman–Crippen MR) is 109 cm³/mol. The number of hydrogen-bond donors (Lipinski definition) is 3. The van der Waals surface area contributed by atoms with E-state index in [0.717, 1.165) is 23.0 Å². The van der Waals surface area contributed by atoms with Crippen LogP contribution in [0.3, 0.4) is 0 Å². The molecule has 0 spiro atoms. The van der Waals surface area contributed by atoms with E-state index in [4.69, 9.17) is 0 Å². The molecule has 0 fully saturated rings. The number of aryl methyl sites for hydroxylation is 1. The molecule has 0 amide bonds. The van der Waals surface area contributed by atoms with E-state index >= 15 is 0 Å². The monoisotopic (exact) mass is 385 g/mol. The lowest BCUT2D eigenvalue weighted by molar-refractivity contribution is 0.583. The van der Waals surface area contributed by atoms with Gasteiger partial charge in [-0.25, -0.2) is 18.1 Å². The molecule has 3 rings (SSSR count). The van der Waals surface area contributed by atoms with E-state index in [1.54, 1.807) is 12.1 Å². The van der Waals surface area contributed by atoms with Gasteiger partial charge in [-0.15, -0.1) is 0 Å². The lowest BCUT2D eigenvalue weighted by atomic mass is 10.1. The van der Waals surface area contributed by atoms with Gasteiger partial charge in [0, 0.05) is 31.4 Å². The van der Waals surface area contributed by atoms with Crippen molar-refractivity contribution in [1.82, 2.24) is 14.7 Å². The summed E-state index contributed by atoms with van der Waals surface area (Å²) in [6, 6.07) is 14.6. The minimum absolute atomic E-state index is 0.245. The molecule has 0 aliphatic carbocycles. The fourth-order valence-corrected chi connectivity index (χ4v) is 3.76. The normalized spacial score (nSPS) is 11.5. The molecule has 0 bridgehead atoms. The number of sulfonamides is 1. The predicted octanol–water partition coefficient (Wildman–Crippen LogP) is 2.76. The molecule has 3 aromatic rings. The number of rotatable bonds is 8. The molecular weight excluding hydrogens is 362 g/mol. The van der Waals surface area contributed by atoms with Crippen molar-refractivity contribution in [3.8, 4) is 0 Å². The van der Waals surface area contributed by atoms with Crippen LogP contribution in [-0.4, -0.2) is 38.0 Å². The highest BCUT2D eigenvalue weighted by Crippen LogP contribution is 2.18. The highest BCUT2D eigenvalue weighted by molar-refractivity contribution is 7.89. The molecule has 0 saturated carbocycles. The Kier molecular flexibility index (Phi) is 5.88. The highest BCUT2D eigenvalue weighted by atomic mass is 32.2. The van der Waals surface area contributed by atoms with Crippen LogP contribution in [-0.2, 0) is 10.0 Å². The summed E-state index contributed by atoms with van der Waals surface area (Å²) in [4.78, 5) is 8.88. The van der Waals surface area contributed by atoms with Gasteiger partial charge < -0.3 is 10.6 Å². The molecule has 0 aliphatic rings. The average molecular weight is 385 g/mol. The lowest BCUT2D eigenvalue weighted by Gasteiger charge is -2.10. The number of fused-ring (bicyclic) bond motifs is 1. The Morgan fingerprint density at radius 1 is 0.926 bits per heavy atom. The maximum absolute atomic E-state index is 12.5. The Hall–Kier alpha value is -2.71. The first-order chi connectivity index (χ1) is 13.0. The SMILES string of the molecule is CCNc1nc(C)cc(NCCNS(=O)(=O)c2ccc3ccccc3c2)n1. The lowest BCUT2D eigenvalue weighted by Crippen LogP contribution is -2.29. The van der Waals surface area contributed by atoms with Gasteiger partial charge in [0.1, 0.15) is 5.82 Å². The number of benzene rings is 2. The van der Waals surface area contributed by atoms with Gasteiger partial charge in [-0.2, -0.15) is 4.98 Å². The molecule has 0 aliphatic heterocycles. The summed E-state index contributed by atoms with van der Waals surface area (Å²) < 4.78 is 27.6. The zero-order chi connectivity index (χ0) is 19.3. The molecule has 0 saturated heterocycles. The fraction of sp³-hybridized carbons (Fsp3) is 0.263. The van der Waals surface area contributed by atoms with E-state index < -0.39 is 10.0 Å². The minimum Gasteiger partial charge on any atom is -0.369 e. The molecular formula is C19H23N5O2S. The molecule has 142 valence electrons. The second-order valence-electron chi connectivity index (χ2n) is 6.08. The van der Waals surface area contributed by atoms with Crippen molar-refractivity contribution in [2.24, 2.45) is 0 Å². The molecule has 0 unspecified atom stereocenters. The van der Waals surface area contributed by atoms with Crippen LogP contribution in [0, 0.1) is 6.92 Å². The third-order valence-electron chi connectivity index (χ3n) is 3.94. The van der Waals surface area contributed by atoms with Crippen molar-refractivity contribution >= 4 is 32.6 Å². The second-order valence-corrected chi connectivity index (χ2v) is 7.85. The van der Waals surface area contributed by atoms with Crippen LogP contribution in [0.4, 0.5) is 11.8 Å². The van der Waals surface area contributed by atoms with Gasteiger partial charge in [-0.05, 0) is 36.8 Å². The number of hydrogen-bond acceptors (Lipinski definition) is 6. The largest absolute Gasteiger partial charge is 0.369 e. The molecule has 7 nitrogen and oxygen atoms in total. The van der Waals surface area contributed by atoms with Crippen molar-refractivity contribution < 1.29 is 8.42 Å². The zero-order valence-corrected chi connectivity index (χ0v) is 16.2. The van der Waals surface area contributed by atoms with E-state index in [9.17, 15) is 8.42 Å². The summed E-state index contributed by atoms with van der Waals surface area (Å²) in [5, 5.41) is 8.09. The molecule has 8 heteroatoms. The first kappa shape index (κ1) is 19.1. The summed E-state index contributed by atoms with van der Waals surface area (Å²) in [5.74, 6) is 1.21. The van der Waals surface area contributed by atoms with E-state index in [1.807, 2.05) is 50.2 Å². The summed E-state index contributed by atoms with van der Waals surface area (Å²) in [7, 11) is -3.57. The van der Waals surface area contributed by atoms with Crippen molar-refractivity contribution in [1.29, 1.82) is 0 Å². The van der Waals surface area contributed by atoms with Crippen molar-refractivity contribution in [3.63, 3.8) is 0 Å². The minimum atomic E-state index is -3.57. The van der Waals surface area contributed by atoms with E-state index in [1.165, 1.54) is 0 Å². The van der Waals surface area contributed by atoms with Crippen molar-refractivity contribution in [3.05, 3.63) is 54.2 Å². The van der Waals surface area contributed by atoms with Crippen LogP contribution in [0.25, 0.3) is 10.8 Å². The van der Waals surface area contributed by atoms with Crippen LogP contribution in [0.15, 0.2) is 53.4 Å². The van der Waals surface area contributed by atoms with Crippen LogP contribution < -0.4 is 15.4 Å². The summed E-state index contributed by atoms with van der Waals surface area (Å²) >= 11 is 0. The van der Waals surface area contributed by atoms with Gasteiger partial charge in [0.25, 0.3) is 0 Å². The van der Waals surface area contributed by atoms with Crippen molar-refractivity contribution in [2.75, 3.05) is 30.3 Å². The molecule has 1 aromatic heterocycles. The number of anilines is 2. The van der Waals surface area contributed by atoms with Gasteiger partial charge in [0.2, 0.25) is 16.0 Å². The smallest absolute Gasteiger partial charge is 0.240 e. The Bertz CT molecular complexity index is 1040. The van der Waals surface area contributed by atoms with E-state index in [-0.39, 0.29) is 11.4 Å². The summed E-state index contributed by atoms with van der Waals surface area (Å²) in [6.07, 6.45) is 0.